The quantitative estimate of drug-likeness (QED) is 0.635. The van der Waals surface area contributed by atoms with Crippen molar-refractivity contribution in [2.75, 3.05) is 33.2 Å². The molecule has 0 radical (unpaired) electrons. The van der Waals surface area contributed by atoms with Crippen LogP contribution in [0.1, 0.15) is 25.7 Å². The molecule has 0 bridgehead atoms. The second kappa shape index (κ2) is 5.64. The SMILES string of the molecule is CNC(=O)CCNCC1CCN(C2CC2)C1. The van der Waals surface area contributed by atoms with Gasteiger partial charge in [-0.3, -0.25) is 4.79 Å². The van der Waals surface area contributed by atoms with Crippen molar-refractivity contribution in [1.82, 2.24) is 15.5 Å². The number of hydrogen-bond donors (Lipinski definition) is 2. The van der Waals surface area contributed by atoms with Crippen molar-refractivity contribution in [3.8, 4) is 0 Å². The average molecular weight is 225 g/mol. The molecular formula is C12H23N3O. The third kappa shape index (κ3) is 3.46. The van der Waals surface area contributed by atoms with Gasteiger partial charge in [0.05, 0.1) is 0 Å². The molecule has 2 aliphatic rings. The molecule has 2 fully saturated rings. The number of carbonyl (C=O) groups is 1. The van der Waals surface area contributed by atoms with Crippen LogP contribution in [0, 0.1) is 5.92 Å². The molecule has 4 heteroatoms. The van der Waals surface area contributed by atoms with Crippen molar-refractivity contribution in [3.05, 3.63) is 0 Å². The first-order valence-corrected chi connectivity index (χ1v) is 6.45. The first-order chi connectivity index (χ1) is 7.79. The van der Waals surface area contributed by atoms with Gasteiger partial charge < -0.3 is 15.5 Å². The van der Waals surface area contributed by atoms with Gasteiger partial charge in [-0.2, -0.15) is 0 Å². The maximum atomic E-state index is 11.0. The lowest BCUT2D eigenvalue weighted by Crippen LogP contribution is -2.30. The van der Waals surface area contributed by atoms with Crippen molar-refractivity contribution in [2.24, 2.45) is 5.92 Å². The number of nitrogens with one attached hydrogen (secondary N) is 2. The van der Waals surface area contributed by atoms with Gasteiger partial charge in [-0.1, -0.05) is 0 Å². The molecule has 1 aliphatic heterocycles. The summed E-state index contributed by atoms with van der Waals surface area (Å²) in [5.41, 5.74) is 0. The second-order valence-corrected chi connectivity index (χ2v) is 5.01. The maximum Gasteiger partial charge on any atom is 0.221 e. The monoisotopic (exact) mass is 225 g/mol. The lowest BCUT2D eigenvalue weighted by molar-refractivity contribution is -0.120. The highest BCUT2D eigenvalue weighted by atomic mass is 16.1. The lowest BCUT2D eigenvalue weighted by atomic mass is 10.1. The highest BCUT2D eigenvalue weighted by Crippen LogP contribution is 2.31. The van der Waals surface area contributed by atoms with Crippen molar-refractivity contribution < 1.29 is 4.79 Å². The van der Waals surface area contributed by atoms with E-state index in [1.54, 1.807) is 7.05 Å². The van der Waals surface area contributed by atoms with Crippen LogP contribution < -0.4 is 10.6 Å². The summed E-state index contributed by atoms with van der Waals surface area (Å²) in [6.45, 7) is 4.42. The topological polar surface area (TPSA) is 44.4 Å². The minimum atomic E-state index is 0.124. The van der Waals surface area contributed by atoms with Gasteiger partial charge in [0.2, 0.25) is 5.91 Å². The van der Waals surface area contributed by atoms with Gasteiger partial charge in [0.1, 0.15) is 0 Å². The largest absolute Gasteiger partial charge is 0.359 e. The minimum Gasteiger partial charge on any atom is -0.359 e. The Labute approximate surface area is 97.8 Å². The number of likely N-dealkylation sites (tertiary alicyclic amines) is 1. The van der Waals surface area contributed by atoms with Crippen LogP contribution in [0.5, 0.6) is 0 Å². The molecule has 1 saturated heterocycles. The Morgan fingerprint density at radius 2 is 2.19 bits per heavy atom. The van der Waals surface area contributed by atoms with E-state index < -0.39 is 0 Å². The zero-order valence-corrected chi connectivity index (χ0v) is 10.2. The number of hydrogen-bond acceptors (Lipinski definition) is 3. The summed E-state index contributed by atoms with van der Waals surface area (Å²) in [4.78, 5) is 13.6. The fourth-order valence-electron chi connectivity index (χ4n) is 2.43. The van der Waals surface area contributed by atoms with E-state index in [1.165, 1.54) is 32.4 Å². The Hall–Kier alpha value is -0.610. The summed E-state index contributed by atoms with van der Waals surface area (Å²) < 4.78 is 0. The molecule has 16 heavy (non-hydrogen) atoms. The van der Waals surface area contributed by atoms with Crippen LogP contribution in [0.3, 0.4) is 0 Å². The molecule has 92 valence electrons. The first-order valence-electron chi connectivity index (χ1n) is 6.45. The molecule has 1 heterocycles. The summed E-state index contributed by atoms with van der Waals surface area (Å²) >= 11 is 0. The molecule has 1 unspecified atom stereocenters. The minimum absolute atomic E-state index is 0.124. The van der Waals surface area contributed by atoms with Gasteiger partial charge in [0, 0.05) is 32.6 Å². The Morgan fingerprint density at radius 3 is 2.88 bits per heavy atom. The van der Waals surface area contributed by atoms with Gasteiger partial charge in [0.15, 0.2) is 0 Å². The molecule has 0 aromatic rings. The van der Waals surface area contributed by atoms with Crippen molar-refractivity contribution in [1.29, 1.82) is 0 Å². The standard InChI is InChI=1S/C12H23N3O/c1-13-12(16)4-6-14-8-10-5-7-15(9-10)11-2-3-11/h10-11,14H,2-9H2,1H3,(H,13,16). The van der Waals surface area contributed by atoms with Crippen LogP contribution >= 0.6 is 0 Å². The van der Waals surface area contributed by atoms with E-state index in [2.05, 4.69) is 15.5 Å². The highest BCUT2D eigenvalue weighted by Gasteiger charge is 2.33. The second-order valence-electron chi connectivity index (χ2n) is 5.01. The van der Waals surface area contributed by atoms with E-state index in [9.17, 15) is 4.79 Å². The summed E-state index contributed by atoms with van der Waals surface area (Å²) in [5.74, 6) is 0.920. The molecular weight excluding hydrogens is 202 g/mol. The summed E-state index contributed by atoms with van der Waals surface area (Å²) in [7, 11) is 1.69. The number of rotatable bonds is 6. The van der Waals surface area contributed by atoms with Gasteiger partial charge in [0.25, 0.3) is 0 Å². The summed E-state index contributed by atoms with van der Waals surface area (Å²) in [5, 5.41) is 6.02. The van der Waals surface area contributed by atoms with Crippen LogP contribution in [-0.4, -0.2) is 50.1 Å². The van der Waals surface area contributed by atoms with E-state index in [1.807, 2.05) is 0 Å². The molecule has 1 saturated carbocycles. The van der Waals surface area contributed by atoms with Gasteiger partial charge >= 0.3 is 0 Å². The number of nitrogens with zero attached hydrogens (tertiary/aromatic N) is 1. The van der Waals surface area contributed by atoms with E-state index >= 15 is 0 Å². The normalized spacial score (nSPS) is 25.9. The van der Waals surface area contributed by atoms with Crippen LogP contribution in [0.15, 0.2) is 0 Å². The lowest BCUT2D eigenvalue weighted by Gasteiger charge is -2.15. The molecule has 0 aromatic heterocycles. The molecule has 4 nitrogen and oxygen atoms in total. The van der Waals surface area contributed by atoms with E-state index in [0.717, 1.165) is 25.0 Å². The third-order valence-electron chi connectivity index (χ3n) is 3.62. The molecule has 1 atom stereocenters. The predicted molar refractivity (Wildman–Crippen MR) is 64.3 cm³/mol. The summed E-state index contributed by atoms with van der Waals surface area (Å²) in [6, 6.07) is 0.913. The molecule has 0 spiro atoms. The van der Waals surface area contributed by atoms with E-state index in [4.69, 9.17) is 0 Å². The zero-order valence-electron chi connectivity index (χ0n) is 10.2. The predicted octanol–water partition coefficient (Wildman–Crippen LogP) is 0.196. The Morgan fingerprint density at radius 1 is 1.38 bits per heavy atom. The molecule has 1 aliphatic carbocycles. The number of carbonyl (C=O) groups excluding carboxylic acids is 1. The molecule has 2 N–H and O–H groups in total. The van der Waals surface area contributed by atoms with Gasteiger partial charge in [-0.25, -0.2) is 0 Å². The van der Waals surface area contributed by atoms with E-state index in [0.29, 0.717) is 6.42 Å². The van der Waals surface area contributed by atoms with Crippen LogP contribution in [0.4, 0.5) is 0 Å². The Balaban J connectivity index is 1.52. The van der Waals surface area contributed by atoms with Crippen molar-refractivity contribution >= 4 is 5.91 Å². The fourth-order valence-corrected chi connectivity index (χ4v) is 2.43. The van der Waals surface area contributed by atoms with E-state index in [-0.39, 0.29) is 5.91 Å². The third-order valence-corrected chi connectivity index (χ3v) is 3.62. The summed E-state index contributed by atoms with van der Waals surface area (Å²) in [6.07, 6.45) is 4.74. The van der Waals surface area contributed by atoms with Crippen molar-refractivity contribution in [2.45, 2.75) is 31.7 Å². The number of amides is 1. The molecule has 0 aromatic carbocycles. The van der Waals surface area contributed by atoms with Crippen LogP contribution in [0.25, 0.3) is 0 Å². The Kier molecular flexibility index (Phi) is 4.18. The Bertz CT molecular complexity index is 240. The van der Waals surface area contributed by atoms with Crippen molar-refractivity contribution in [3.63, 3.8) is 0 Å². The molecule has 1 amide bonds. The first kappa shape index (κ1) is 11.9. The van der Waals surface area contributed by atoms with Crippen LogP contribution in [-0.2, 0) is 4.79 Å². The van der Waals surface area contributed by atoms with Crippen LogP contribution in [0.2, 0.25) is 0 Å². The van der Waals surface area contributed by atoms with Gasteiger partial charge in [-0.15, -0.1) is 0 Å². The van der Waals surface area contributed by atoms with Gasteiger partial charge in [-0.05, 0) is 38.3 Å². The smallest absolute Gasteiger partial charge is 0.221 e. The zero-order chi connectivity index (χ0) is 11.4. The average Bonchev–Trinajstić information content (AvgIpc) is 3.05. The fraction of sp³-hybridized carbons (Fsp3) is 0.917. The highest BCUT2D eigenvalue weighted by molar-refractivity contribution is 5.75. The maximum absolute atomic E-state index is 11.0. The molecule has 2 rings (SSSR count).